The Kier molecular flexibility index (Phi) is 35.1. The number of nitrogens with zero attached hydrogens (tertiary/aromatic N) is 1. The summed E-state index contributed by atoms with van der Waals surface area (Å²) in [6.45, 7) is 8.95. The van der Waals surface area contributed by atoms with Crippen LogP contribution in [0.1, 0.15) is 210 Å². The lowest BCUT2D eigenvalue weighted by atomic mass is 10.0. The third-order valence-electron chi connectivity index (χ3n) is 11.5. The second-order valence-electron chi connectivity index (χ2n) is 16.8. The summed E-state index contributed by atoms with van der Waals surface area (Å²) in [6, 6.07) is 16.1. The number of hydrogen-bond acceptors (Lipinski definition) is 6. The van der Waals surface area contributed by atoms with Crippen LogP contribution in [0.2, 0.25) is 0 Å². The van der Waals surface area contributed by atoms with E-state index in [9.17, 15) is 4.79 Å². The molecular weight excluding hydrogens is 731 g/mol. The molecule has 0 amide bonds. The number of ether oxygens (including phenoxy) is 3. The molecule has 0 spiro atoms. The Morgan fingerprint density at radius 3 is 1.31 bits per heavy atom. The minimum Gasteiger partial charge on any atom is -0.491 e. The highest BCUT2D eigenvalue weighted by Gasteiger charge is 2.08. The summed E-state index contributed by atoms with van der Waals surface area (Å²) in [5.41, 5.74) is 2.97. The van der Waals surface area contributed by atoms with E-state index >= 15 is 0 Å². The van der Waals surface area contributed by atoms with Crippen molar-refractivity contribution in [2.45, 2.75) is 194 Å². The number of anilines is 1. The van der Waals surface area contributed by atoms with Gasteiger partial charge in [-0.3, -0.25) is 4.79 Å². The van der Waals surface area contributed by atoms with Crippen LogP contribution < -0.4 is 9.64 Å². The topological polar surface area (TPSA) is 68.2 Å². The molecule has 0 fully saturated rings. The Bertz CT molecular complexity index is 1200. The molecule has 2 aromatic carbocycles. The van der Waals surface area contributed by atoms with Crippen LogP contribution in [0, 0.1) is 0 Å². The smallest absolute Gasteiger partial charge is 0.185 e. The van der Waals surface area contributed by atoms with Gasteiger partial charge >= 0.3 is 0 Å². The van der Waals surface area contributed by atoms with Crippen molar-refractivity contribution in [2.75, 3.05) is 57.6 Å². The largest absolute Gasteiger partial charge is 0.491 e. The number of aliphatic hydroxyl groups excluding tert-OH is 1. The van der Waals surface area contributed by atoms with E-state index < -0.39 is 0 Å². The summed E-state index contributed by atoms with van der Waals surface area (Å²) < 4.78 is 16.4. The van der Waals surface area contributed by atoms with Crippen LogP contribution in [0.4, 0.5) is 5.69 Å². The first-order chi connectivity index (χ1) is 29.2. The van der Waals surface area contributed by atoms with Crippen molar-refractivity contribution >= 4 is 17.5 Å². The molecule has 0 aromatic heterocycles. The Balaban J connectivity index is 1.74. The number of allylic oxidation sites excluding steroid dienone is 1. The zero-order valence-corrected chi connectivity index (χ0v) is 38.3. The number of unbranched alkanes of at least 4 members (excludes halogenated alkanes) is 26. The molecule has 0 aliphatic carbocycles. The molecule has 59 heavy (non-hydrogen) atoms. The third kappa shape index (κ3) is 30.1. The second kappa shape index (κ2) is 39.5. The zero-order valence-electron chi connectivity index (χ0n) is 38.3. The number of hydrogen-bond donors (Lipinski definition) is 1. The Hall–Kier alpha value is -2.67. The predicted octanol–water partition coefficient (Wildman–Crippen LogP) is 14.8. The average Bonchev–Trinajstić information content (AvgIpc) is 3.26. The molecular formula is C53H89NO5. The monoisotopic (exact) mass is 820 g/mol. The first-order valence-corrected chi connectivity index (χ1v) is 24.7. The van der Waals surface area contributed by atoms with Gasteiger partial charge in [-0.25, -0.2) is 0 Å². The molecule has 0 heterocycles. The van der Waals surface area contributed by atoms with E-state index in [1.54, 1.807) is 18.2 Å². The number of carbonyl (C=O) groups excluding carboxylic acids is 1. The van der Waals surface area contributed by atoms with Gasteiger partial charge in [0.2, 0.25) is 0 Å². The van der Waals surface area contributed by atoms with Gasteiger partial charge in [0, 0.05) is 24.3 Å². The van der Waals surface area contributed by atoms with E-state index in [1.165, 1.54) is 185 Å². The lowest BCUT2D eigenvalue weighted by molar-refractivity contribution is 0.0247. The fourth-order valence-electron chi connectivity index (χ4n) is 7.75. The van der Waals surface area contributed by atoms with Crippen LogP contribution in [0.3, 0.4) is 0 Å². The molecule has 0 radical (unpaired) electrons. The van der Waals surface area contributed by atoms with Gasteiger partial charge in [-0.15, -0.1) is 0 Å². The summed E-state index contributed by atoms with van der Waals surface area (Å²) in [5, 5.41) is 8.73. The van der Waals surface area contributed by atoms with E-state index in [0.717, 1.165) is 18.7 Å². The fourth-order valence-corrected chi connectivity index (χ4v) is 7.75. The molecule has 336 valence electrons. The van der Waals surface area contributed by atoms with Gasteiger partial charge in [0.25, 0.3) is 0 Å². The minimum atomic E-state index is -0.0240. The number of benzene rings is 2. The van der Waals surface area contributed by atoms with Crippen LogP contribution in [0.25, 0.3) is 6.08 Å². The highest BCUT2D eigenvalue weighted by Crippen LogP contribution is 2.21. The maximum Gasteiger partial charge on any atom is 0.185 e. The second-order valence-corrected chi connectivity index (χ2v) is 16.8. The zero-order chi connectivity index (χ0) is 42.1. The van der Waals surface area contributed by atoms with Gasteiger partial charge in [-0.05, 0) is 60.9 Å². The lowest BCUT2D eigenvalue weighted by Gasteiger charge is -2.25. The normalized spacial score (nSPS) is 11.5. The highest BCUT2D eigenvalue weighted by atomic mass is 16.5. The Morgan fingerprint density at radius 1 is 0.492 bits per heavy atom. The molecule has 0 saturated carbocycles. The first-order valence-electron chi connectivity index (χ1n) is 24.7. The quantitative estimate of drug-likeness (QED) is 0.0408. The van der Waals surface area contributed by atoms with Crippen LogP contribution >= 0.6 is 0 Å². The van der Waals surface area contributed by atoms with Crippen molar-refractivity contribution in [1.82, 2.24) is 0 Å². The van der Waals surface area contributed by atoms with E-state index in [-0.39, 0.29) is 12.4 Å². The molecule has 0 atom stereocenters. The summed E-state index contributed by atoms with van der Waals surface area (Å²) in [7, 11) is 0. The van der Waals surface area contributed by atoms with Gasteiger partial charge in [0.05, 0.1) is 33.0 Å². The van der Waals surface area contributed by atoms with Crippen molar-refractivity contribution in [2.24, 2.45) is 0 Å². The molecule has 1 N–H and O–H groups in total. The number of carbonyl (C=O) groups is 1. The molecule has 6 heteroatoms. The van der Waals surface area contributed by atoms with Crippen molar-refractivity contribution in [3.63, 3.8) is 0 Å². The molecule has 0 bridgehead atoms. The van der Waals surface area contributed by atoms with E-state index in [1.807, 2.05) is 18.2 Å². The maximum atomic E-state index is 13.0. The van der Waals surface area contributed by atoms with E-state index in [4.69, 9.17) is 19.3 Å². The number of rotatable bonds is 43. The predicted molar refractivity (Wildman–Crippen MR) is 253 cm³/mol. The molecule has 2 aromatic rings. The van der Waals surface area contributed by atoms with E-state index in [0.29, 0.717) is 44.3 Å². The highest BCUT2D eigenvalue weighted by molar-refractivity contribution is 6.06. The molecule has 6 nitrogen and oxygen atoms in total. The van der Waals surface area contributed by atoms with Gasteiger partial charge in [0.1, 0.15) is 12.4 Å². The molecule has 2 rings (SSSR count). The van der Waals surface area contributed by atoms with E-state index in [2.05, 4.69) is 43.0 Å². The van der Waals surface area contributed by atoms with Crippen molar-refractivity contribution in [1.29, 1.82) is 0 Å². The molecule has 0 aliphatic rings. The fraction of sp³-hybridized carbons (Fsp3) is 0.717. The van der Waals surface area contributed by atoms with Crippen LogP contribution in [0.5, 0.6) is 5.75 Å². The van der Waals surface area contributed by atoms with Gasteiger partial charge in [-0.1, -0.05) is 199 Å². The lowest BCUT2D eigenvalue weighted by Crippen LogP contribution is -2.25. The Labute approximate surface area is 363 Å². The standard InChI is InChI=1S/C53H89NO5/c1-3-5-7-9-11-13-15-17-19-21-23-25-27-29-41-54(42-30-28-26-24-22-20-18-16-14-12-10-8-6-4-2)51-36-31-49(32-37-51)33-40-53(56)50-34-38-52(39-35-50)59-48-47-58-46-45-57-44-43-55/h31-40,55H,3-30,41-48H2,1-2H3. The van der Waals surface area contributed by atoms with Crippen LogP contribution in [-0.2, 0) is 9.47 Å². The maximum absolute atomic E-state index is 13.0. The first kappa shape index (κ1) is 52.5. The van der Waals surface area contributed by atoms with Crippen LogP contribution in [0.15, 0.2) is 54.6 Å². The average molecular weight is 820 g/mol. The van der Waals surface area contributed by atoms with Crippen molar-refractivity contribution < 1.29 is 24.1 Å². The van der Waals surface area contributed by atoms with Crippen LogP contribution in [-0.4, -0.2) is 63.6 Å². The summed E-state index contributed by atoms with van der Waals surface area (Å²) in [6.07, 6.45) is 42.5. The molecule has 0 aliphatic heterocycles. The van der Waals surface area contributed by atoms with Crippen molar-refractivity contribution in [3.05, 3.63) is 65.7 Å². The van der Waals surface area contributed by atoms with Gasteiger partial charge < -0.3 is 24.2 Å². The summed E-state index contributed by atoms with van der Waals surface area (Å²) in [5.74, 6) is 0.679. The van der Waals surface area contributed by atoms with Gasteiger partial charge in [0.15, 0.2) is 5.78 Å². The SMILES string of the molecule is CCCCCCCCCCCCCCCCN(CCCCCCCCCCCCCCCC)c1ccc(C=CC(=O)c2ccc(OCCOCCOCCO)cc2)cc1. The summed E-state index contributed by atoms with van der Waals surface area (Å²) in [4.78, 5) is 15.6. The summed E-state index contributed by atoms with van der Waals surface area (Å²) >= 11 is 0. The third-order valence-corrected chi connectivity index (χ3v) is 11.5. The van der Waals surface area contributed by atoms with Gasteiger partial charge in [-0.2, -0.15) is 0 Å². The minimum absolute atomic E-state index is 0.0165. The van der Waals surface area contributed by atoms with Crippen molar-refractivity contribution in [3.8, 4) is 5.75 Å². The number of ketones is 1. The molecule has 0 saturated heterocycles. The molecule has 0 unspecified atom stereocenters. The number of aliphatic hydroxyl groups is 1. The Morgan fingerprint density at radius 2 is 0.881 bits per heavy atom.